The first-order valence-corrected chi connectivity index (χ1v) is 4.09. The van der Waals surface area contributed by atoms with Gasteiger partial charge in [-0.1, -0.05) is 0 Å². The highest BCUT2D eigenvalue weighted by Gasteiger charge is 2.08. The maximum atomic E-state index is 10.2. The van der Waals surface area contributed by atoms with Crippen LogP contribution >= 0.6 is 0 Å². The third kappa shape index (κ3) is 9.23. The fourth-order valence-electron chi connectivity index (χ4n) is 0.662. The Morgan fingerprint density at radius 3 is 2.50 bits per heavy atom. The number of rotatable bonds is 4. The average Bonchev–Trinajstić information content (AvgIpc) is 1.83. The van der Waals surface area contributed by atoms with Gasteiger partial charge in [0.1, 0.15) is 0 Å². The summed E-state index contributed by atoms with van der Waals surface area (Å²) in [6, 6.07) is -0.481. The first-order valence-electron chi connectivity index (χ1n) is 4.09. The Morgan fingerprint density at radius 1 is 1.50 bits per heavy atom. The first-order chi connectivity index (χ1) is 5.42. The van der Waals surface area contributed by atoms with Crippen LogP contribution in [-0.2, 0) is 4.74 Å². The molecule has 0 aliphatic carbocycles. The third-order valence-electron chi connectivity index (χ3n) is 1.16. The van der Waals surface area contributed by atoms with Crippen molar-refractivity contribution < 1.29 is 9.53 Å². The minimum absolute atomic E-state index is 0.104. The summed E-state index contributed by atoms with van der Waals surface area (Å²) in [5.41, 5.74) is 4.77. The van der Waals surface area contributed by atoms with Gasteiger partial charge in [-0.15, -0.1) is 0 Å². The molecule has 0 spiro atoms. The largest absolute Gasteiger partial charge is 0.376 e. The van der Waals surface area contributed by atoms with Gasteiger partial charge >= 0.3 is 6.03 Å². The van der Waals surface area contributed by atoms with Crippen LogP contribution in [0.3, 0.4) is 0 Å². The molecule has 72 valence electrons. The predicted molar refractivity (Wildman–Crippen MR) is 47.9 cm³/mol. The van der Waals surface area contributed by atoms with Gasteiger partial charge in [-0.2, -0.15) is 0 Å². The van der Waals surface area contributed by atoms with Gasteiger partial charge in [0.2, 0.25) is 0 Å². The second-order valence-electron chi connectivity index (χ2n) is 3.61. The predicted octanol–water partition coefficient (Wildman–Crippen LogP) is 0.860. The van der Waals surface area contributed by atoms with Gasteiger partial charge in [0, 0.05) is 13.2 Å². The summed E-state index contributed by atoms with van der Waals surface area (Å²) in [5, 5.41) is 2.49. The number of urea groups is 1. The molecule has 0 aliphatic rings. The van der Waals surface area contributed by atoms with Crippen molar-refractivity contribution >= 4 is 6.03 Å². The summed E-state index contributed by atoms with van der Waals surface area (Å²) in [5.74, 6) is 0. The van der Waals surface area contributed by atoms with E-state index in [1.807, 2.05) is 20.8 Å². The number of nitrogens with one attached hydrogen (secondary N) is 1. The normalized spacial score (nSPS) is 11.2. The number of carbonyl (C=O) groups is 1. The maximum Gasteiger partial charge on any atom is 0.312 e. The van der Waals surface area contributed by atoms with Gasteiger partial charge in [-0.25, -0.2) is 4.79 Å². The Labute approximate surface area is 73.5 Å². The van der Waals surface area contributed by atoms with Gasteiger partial charge < -0.3 is 15.8 Å². The van der Waals surface area contributed by atoms with E-state index in [-0.39, 0.29) is 5.60 Å². The molecular formula is C8H18N2O2. The van der Waals surface area contributed by atoms with Crippen LogP contribution in [0.4, 0.5) is 4.79 Å². The lowest BCUT2D eigenvalue weighted by molar-refractivity contribution is -0.00351. The maximum absolute atomic E-state index is 10.2. The van der Waals surface area contributed by atoms with Crippen molar-refractivity contribution in [3.8, 4) is 0 Å². The summed E-state index contributed by atoms with van der Waals surface area (Å²) in [6.07, 6.45) is 0.792. The van der Waals surface area contributed by atoms with Crippen LogP contribution in [0.1, 0.15) is 27.2 Å². The van der Waals surface area contributed by atoms with Crippen molar-refractivity contribution in [2.24, 2.45) is 5.73 Å². The molecule has 0 rings (SSSR count). The fraction of sp³-hybridized carbons (Fsp3) is 0.875. The molecule has 12 heavy (non-hydrogen) atoms. The van der Waals surface area contributed by atoms with Gasteiger partial charge in [-0.05, 0) is 27.2 Å². The Balaban J connectivity index is 3.17. The minimum atomic E-state index is -0.481. The SMILES string of the molecule is CC(C)(C)OCCCNC(N)=O. The molecule has 0 radical (unpaired) electrons. The third-order valence-corrected chi connectivity index (χ3v) is 1.16. The second kappa shape index (κ2) is 4.98. The van der Waals surface area contributed by atoms with E-state index in [2.05, 4.69) is 5.32 Å². The molecular weight excluding hydrogens is 156 g/mol. The summed E-state index contributed by atoms with van der Waals surface area (Å²) in [7, 11) is 0. The number of ether oxygens (including phenoxy) is 1. The molecule has 0 fully saturated rings. The lowest BCUT2D eigenvalue weighted by Gasteiger charge is -2.19. The number of nitrogens with two attached hydrogens (primary N) is 1. The lowest BCUT2D eigenvalue weighted by Crippen LogP contribution is -2.31. The second-order valence-corrected chi connectivity index (χ2v) is 3.61. The Bertz CT molecular complexity index is 140. The molecule has 4 heteroatoms. The van der Waals surface area contributed by atoms with E-state index in [0.717, 1.165) is 6.42 Å². The van der Waals surface area contributed by atoms with Crippen LogP contribution in [0.15, 0.2) is 0 Å². The Kier molecular flexibility index (Phi) is 4.66. The summed E-state index contributed by atoms with van der Waals surface area (Å²) in [4.78, 5) is 10.2. The summed E-state index contributed by atoms with van der Waals surface area (Å²) in [6.45, 7) is 7.20. The molecule has 0 bridgehead atoms. The topological polar surface area (TPSA) is 64.3 Å². The summed E-state index contributed by atoms with van der Waals surface area (Å²) >= 11 is 0. The van der Waals surface area contributed by atoms with Gasteiger partial charge in [0.05, 0.1) is 5.60 Å². The Hall–Kier alpha value is -0.770. The quantitative estimate of drug-likeness (QED) is 0.621. The molecule has 0 aromatic rings. The number of amides is 2. The smallest absolute Gasteiger partial charge is 0.312 e. The molecule has 0 aromatic carbocycles. The molecule has 4 nitrogen and oxygen atoms in total. The first kappa shape index (κ1) is 11.2. The molecule has 0 saturated heterocycles. The van der Waals surface area contributed by atoms with E-state index in [4.69, 9.17) is 10.5 Å². The Morgan fingerprint density at radius 2 is 2.08 bits per heavy atom. The fourth-order valence-corrected chi connectivity index (χ4v) is 0.662. The highest BCUT2D eigenvalue weighted by Crippen LogP contribution is 2.06. The van der Waals surface area contributed by atoms with Crippen molar-refractivity contribution in [2.45, 2.75) is 32.8 Å². The van der Waals surface area contributed by atoms with Crippen molar-refractivity contribution in [1.82, 2.24) is 5.32 Å². The van der Waals surface area contributed by atoms with Crippen LogP contribution in [0.5, 0.6) is 0 Å². The highest BCUT2D eigenvalue weighted by molar-refractivity contribution is 5.71. The van der Waals surface area contributed by atoms with Crippen LogP contribution in [0.2, 0.25) is 0 Å². The average molecular weight is 174 g/mol. The number of hydrogen-bond donors (Lipinski definition) is 2. The van der Waals surface area contributed by atoms with Gasteiger partial charge in [-0.3, -0.25) is 0 Å². The van der Waals surface area contributed by atoms with Crippen LogP contribution in [0, 0.1) is 0 Å². The summed E-state index contributed by atoms with van der Waals surface area (Å²) < 4.78 is 5.42. The van der Waals surface area contributed by atoms with E-state index in [9.17, 15) is 4.79 Å². The highest BCUT2D eigenvalue weighted by atomic mass is 16.5. The zero-order chi connectivity index (χ0) is 9.61. The zero-order valence-corrected chi connectivity index (χ0v) is 8.02. The van der Waals surface area contributed by atoms with Gasteiger partial charge in [0.25, 0.3) is 0 Å². The standard InChI is InChI=1S/C8H18N2O2/c1-8(2,3)12-6-4-5-10-7(9)11/h4-6H2,1-3H3,(H3,9,10,11). The molecule has 0 atom stereocenters. The number of carbonyl (C=O) groups excluding carboxylic acids is 1. The van der Waals surface area contributed by atoms with Crippen LogP contribution in [0.25, 0.3) is 0 Å². The van der Waals surface area contributed by atoms with Gasteiger partial charge in [0.15, 0.2) is 0 Å². The van der Waals surface area contributed by atoms with E-state index >= 15 is 0 Å². The number of primary amides is 1. The van der Waals surface area contributed by atoms with Crippen molar-refractivity contribution in [3.05, 3.63) is 0 Å². The van der Waals surface area contributed by atoms with E-state index < -0.39 is 6.03 Å². The monoisotopic (exact) mass is 174 g/mol. The van der Waals surface area contributed by atoms with Crippen LogP contribution < -0.4 is 11.1 Å². The molecule has 2 amide bonds. The van der Waals surface area contributed by atoms with Crippen LogP contribution in [-0.4, -0.2) is 24.8 Å². The molecule has 0 saturated carbocycles. The number of hydrogen-bond acceptors (Lipinski definition) is 2. The molecule has 0 aromatic heterocycles. The molecule has 0 unspecified atom stereocenters. The minimum Gasteiger partial charge on any atom is -0.376 e. The van der Waals surface area contributed by atoms with Crippen molar-refractivity contribution in [1.29, 1.82) is 0 Å². The van der Waals surface area contributed by atoms with Crippen molar-refractivity contribution in [2.75, 3.05) is 13.2 Å². The molecule has 0 heterocycles. The lowest BCUT2D eigenvalue weighted by atomic mass is 10.2. The van der Waals surface area contributed by atoms with Crippen molar-refractivity contribution in [3.63, 3.8) is 0 Å². The zero-order valence-electron chi connectivity index (χ0n) is 8.02. The van der Waals surface area contributed by atoms with E-state index in [0.29, 0.717) is 13.2 Å². The van der Waals surface area contributed by atoms with E-state index in [1.54, 1.807) is 0 Å². The molecule has 3 N–H and O–H groups in total. The molecule has 0 aliphatic heterocycles. The van der Waals surface area contributed by atoms with E-state index in [1.165, 1.54) is 0 Å².